The third-order valence-corrected chi connectivity index (χ3v) is 4.30. The standard InChI is InChI=1S/C9H17N5O2S/c1-13-5-4-11-9(13)8-12-17(15,16)14-6-2-10-3-7-14/h4-5,10,12H,2-3,6-8H2,1H3. The topological polar surface area (TPSA) is 79.3 Å². The monoisotopic (exact) mass is 259 g/mol. The summed E-state index contributed by atoms with van der Waals surface area (Å²) < 4.78 is 29.7. The Morgan fingerprint density at radius 1 is 1.47 bits per heavy atom. The summed E-state index contributed by atoms with van der Waals surface area (Å²) in [6.07, 6.45) is 3.43. The van der Waals surface area contributed by atoms with Crippen LogP contribution in [0.25, 0.3) is 0 Å². The molecule has 0 aliphatic carbocycles. The molecule has 1 saturated heterocycles. The van der Waals surface area contributed by atoms with Gasteiger partial charge in [0, 0.05) is 45.6 Å². The van der Waals surface area contributed by atoms with Crippen LogP contribution in [-0.4, -0.2) is 48.5 Å². The molecule has 1 aromatic heterocycles. The number of nitrogens with zero attached hydrogens (tertiary/aromatic N) is 3. The van der Waals surface area contributed by atoms with E-state index in [-0.39, 0.29) is 6.54 Å². The first-order valence-corrected chi connectivity index (χ1v) is 6.95. The van der Waals surface area contributed by atoms with E-state index in [0.29, 0.717) is 32.0 Å². The number of rotatable bonds is 4. The highest BCUT2D eigenvalue weighted by atomic mass is 32.2. The SMILES string of the molecule is Cn1ccnc1CNS(=O)(=O)N1CCNCC1. The van der Waals surface area contributed by atoms with Crippen molar-refractivity contribution in [2.45, 2.75) is 6.54 Å². The van der Waals surface area contributed by atoms with E-state index >= 15 is 0 Å². The molecule has 0 aromatic carbocycles. The highest BCUT2D eigenvalue weighted by Gasteiger charge is 2.23. The molecule has 0 bridgehead atoms. The van der Waals surface area contributed by atoms with Gasteiger partial charge in [-0.3, -0.25) is 0 Å². The van der Waals surface area contributed by atoms with Crippen LogP contribution >= 0.6 is 0 Å². The van der Waals surface area contributed by atoms with Gasteiger partial charge in [0.05, 0.1) is 6.54 Å². The highest BCUT2D eigenvalue weighted by molar-refractivity contribution is 7.87. The molecule has 1 fully saturated rings. The van der Waals surface area contributed by atoms with Crippen LogP contribution in [0.15, 0.2) is 12.4 Å². The number of hydrogen-bond donors (Lipinski definition) is 2. The minimum absolute atomic E-state index is 0.218. The number of aryl methyl sites for hydroxylation is 1. The molecule has 96 valence electrons. The normalized spacial score (nSPS) is 18.4. The van der Waals surface area contributed by atoms with E-state index in [1.165, 1.54) is 4.31 Å². The van der Waals surface area contributed by atoms with E-state index in [1.54, 1.807) is 17.0 Å². The molecule has 0 atom stereocenters. The van der Waals surface area contributed by atoms with Gasteiger partial charge in [-0.15, -0.1) is 0 Å². The van der Waals surface area contributed by atoms with Crippen molar-refractivity contribution in [3.8, 4) is 0 Å². The van der Waals surface area contributed by atoms with E-state index in [0.717, 1.165) is 0 Å². The molecule has 1 aliphatic rings. The van der Waals surface area contributed by atoms with Gasteiger partial charge in [-0.2, -0.15) is 17.4 Å². The van der Waals surface area contributed by atoms with Gasteiger partial charge in [-0.1, -0.05) is 0 Å². The maximum absolute atomic E-state index is 11.9. The van der Waals surface area contributed by atoms with Gasteiger partial charge in [0.1, 0.15) is 5.82 Å². The Balaban J connectivity index is 1.95. The predicted octanol–water partition coefficient (Wildman–Crippen LogP) is -1.34. The van der Waals surface area contributed by atoms with Gasteiger partial charge in [0.25, 0.3) is 10.2 Å². The number of imidazole rings is 1. The van der Waals surface area contributed by atoms with Crippen molar-refractivity contribution in [1.29, 1.82) is 0 Å². The van der Waals surface area contributed by atoms with Crippen molar-refractivity contribution in [2.75, 3.05) is 26.2 Å². The molecular weight excluding hydrogens is 242 g/mol. The Morgan fingerprint density at radius 3 is 2.76 bits per heavy atom. The Bertz CT molecular complexity index is 463. The number of piperazine rings is 1. The summed E-state index contributed by atoms with van der Waals surface area (Å²) in [6.45, 7) is 2.63. The molecule has 2 heterocycles. The molecule has 0 radical (unpaired) electrons. The number of hydrogen-bond acceptors (Lipinski definition) is 4. The Kier molecular flexibility index (Phi) is 3.77. The highest BCUT2D eigenvalue weighted by Crippen LogP contribution is 2.01. The molecule has 8 heteroatoms. The van der Waals surface area contributed by atoms with Crippen molar-refractivity contribution < 1.29 is 8.42 Å². The minimum atomic E-state index is -3.39. The lowest BCUT2D eigenvalue weighted by Crippen LogP contribution is -2.50. The van der Waals surface area contributed by atoms with Crippen LogP contribution in [0.1, 0.15) is 5.82 Å². The molecule has 2 rings (SSSR count). The molecule has 1 aliphatic heterocycles. The zero-order valence-electron chi connectivity index (χ0n) is 9.76. The molecular formula is C9H17N5O2S. The van der Waals surface area contributed by atoms with Gasteiger partial charge in [0.15, 0.2) is 0 Å². The van der Waals surface area contributed by atoms with Crippen LogP contribution in [-0.2, 0) is 23.8 Å². The van der Waals surface area contributed by atoms with Crippen LogP contribution in [0.5, 0.6) is 0 Å². The summed E-state index contributed by atoms with van der Waals surface area (Å²) in [5, 5.41) is 3.12. The fraction of sp³-hybridized carbons (Fsp3) is 0.667. The van der Waals surface area contributed by atoms with Crippen molar-refractivity contribution in [3.63, 3.8) is 0 Å². The maximum Gasteiger partial charge on any atom is 0.279 e. The van der Waals surface area contributed by atoms with Gasteiger partial charge in [0.2, 0.25) is 0 Å². The quantitative estimate of drug-likeness (QED) is 0.701. The van der Waals surface area contributed by atoms with E-state index in [2.05, 4.69) is 15.0 Å². The third kappa shape index (κ3) is 3.03. The lowest BCUT2D eigenvalue weighted by atomic mass is 10.4. The summed E-state index contributed by atoms with van der Waals surface area (Å²) in [6, 6.07) is 0. The second-order valence-corrected chi connectivity index (χ2v) is 5.68. The summed E-state index contributed by atoms with van der Waals surface area (Å²) in [5.74, 6) is 0.698. The Morgan fingerprint density at radius 2 is 2.18 bits per heavy atom. The molecule has 7 nitrogen and oxygen atoms in total. The van der Waals surface area contributed by atoms with Crippen molar-refractivity contribution in [1.82, 2.24) is 23.9 Å². The van der Waals surface area contributed by atoms with Gasteiger partial charge < -0.3 is 9.88 Å². The van der Waals surface area contributed by atoms with Crippen molar-refractivity contribution in [2.24, 2.45) is 7.05 Å². The fourth-order valence-corrected chi connectivity index (χ4v) is 2.86. The van der Waals surface area contributed by atoms with Crippen LogP contribution < -0.4 is 10.0 Å². The van der Waals surface area contributed by atoms with E-state index in [4.69, 9.17) is 0 Å². The predicted molar refractivity (Wildman–Crippen MR) is 63.4 cm³/mol. The molecule has 0 amide bonds. The lowest BCUT2D eigenvalue weighted by Gasteiger charge is -2.26. The van der Waals surface area contributed by atoms with Gasteiger partial charge in [-0.25, -0.2) is 4.98 Å². The van der Waals surface area contributed by atoms with E-state index in [9.17, 15) is 8.42 Å². The second-order valence-electron chi connectivity index (χ2n) is 3.93. The summed E-state index contributed by atoms with van der Waals surface area (Å²) in [7, 11) is -1.55. The van der Waals surface area contributed by atoms with Crippen molar-refractivity contribution in [3.05, 3.63) is 18.2 Å². The zero-order chi connectivity index (χ0) is 12.3. The summed E-state index contributed by atoms with van der Waals surface area (Å²) in [4.78, 5) is 4.07. The van der Waals surface area contributed by atoms with Crippen LogP contribution in [0.3, 0.4) is 0 Å². The molecule has 17 heavy (non-hydrogen) atoms. The average Bonchev–Trinajstić information content (AvgIpc) is 2.74. The first kappa shape index (κ1) is 12.5. The molecule has 1 aromatic rings. The number of aromatic nitrogens is 2. The third-order valence-electron chi connectivity index (χ3n) is 2.75. The number of nitrogens with one attached hydrogen (secondary N) is 2. The molecule has 0 unspecified atom stereocenters. The largest absolute Gasteiger partial charge is 0.337 e. The molecule has 0 saturated carbocycles. The zero-order valence-corrected chi connectivity index (χ0v) is 10.6. The van der Waals surface area contributed by atoms with Gasteiger partial charge >= 0.3 is 0 Å². The van der Waals surface area contributed by atoms with Crippen LogP contribution in [0.4, 0.5) is 0 Å². The molecule has 0 spiro atoms. The fourth-order valence-electron chi connectivity index (χ4n) is 1.70. The average molecular weight is 259 g/mol. The summed E-state index contributed by atoms with van der Waals surface area (Å²) in [5.41, 5.74) is 0. The maximum atomic E-state index is 11.9. The minimum Gasteiger partial charge on any atom is -0.337 e. The molecule has 2 N–H and O–H groups in total. The first-order valence-electron chi connectivity index (χ1n) is 5.51. The smallest absolute Gasteiger partial charge is 0.279 e. The van der Waals surface area contributed by atoms with E-state index < -0.39 is 10.2 Å². The summed E-state index contributed by atoms with van der Waals surface area (Å²) >= 11 is 0. The Labute approximate surface area is 101 Å². The van der Waals surface area contributed by atoms with Gasteiger partial charge in [-0.05, 0) is 0 Å². The van der Waals surface area contributed by atoms with Crippen molar-refractivity contribution >= 4 is 10.2 Å². The van der Waals surface area contributed by atoms with Crippen LogP contribution in [0.2, 0.25) is 0 Å². The first-order chi connectivity index (χ1) is 8.09. The lowest BCUT2D eigenvalue weighted by molar-refractivity contribution is 0.354. The Hall–Kier alpha value is -0.960. The van der Waals surface area contributed by atoms with E-state index in [1.807, 2.05) is 7.05 Å². The van der Waals surface area contributed by atoms with Crippen LogP contribution in [0, 0.1) is 0 Å². The second kappa shape index (κ2) is 5.13.